The lowest BCUT2D eigenvalue weighted by Crippen LogP contribution is -2.34. The number of carboxylic acid groups (broad SMARTS) is 1. The summed E-state index contributed by atoms with van der Waals surface area (Å²) in [5, 5.41) is 8.88. The average molecular weight is 206 g/mol. The number of aliphatic carboxylic acids is 1. The van der Waals surface area contributed by atoms with Gasteiger partial charge in [-0.15, -0.1) is 0 Å². The molecule has 2 aliphatic rings. The maximum Gasteiger partial charge on any atom is 0.316 e. The molecule has 1 saturated carbocycles. The summed E-state index contributed by atoms with van der Waals surface area (Å²) in [5.74, 6) is -4.98. The molecule has 2 rings (SSSR count). The summed E-state index contributed by atoms with van der Waals surface area (Å²) in [6.07, 6.45) is -0.490. The number of halogens is 2. The Morgan fingerprint density at radius 1 is 1.57 bits per heavy atom. The Kier molecular flexibility index (Phi) is 1.86. The normalized spacial score (nSPS) is 45.1. The lowest BCUT2D eigenvalue weighted by molar-refractivity contribution is -0.152. The van der Waals surface area contributed by atoms with Crippen LogP contribution in [0.15, 0.2) is 0 Å². The molecule has 2 fully saturated rings. The van der Waals surface area contributed by atoms with Crippen LogP contribution in [0.25, 0.3) is 0 Å². The SMILES string of the molecule is CC1OCCC1C1(C(=O)O)CC1(F)F. The van der Waals surface area contributed by atoms with Crippen LogP contribution < -0.4 is 0 Å². The van der Waals surface area contributed by atoms with Crippen molar-refractivity contribution in [1.82, 2.24) is 0 Å². The zero-order chi connectivity index (χ0) is 10.6. The van der Waals surface area contributed by atoms with Crippen molar-refractivity contribution in [2.75, 3.05) is 6.61 Å². The molecule has 5 heteroatoms. The maximum atomic E-state index is 13.1. The monoisotopic (exact) mass is 206 g/mol. The minimum Gasteiger partial charge on any atom is -0.481 e. The van der Waals surface area contributed by atoms with Gasteiger partial charge in [0.1, 0.15) is 5.41 Å². The predicted molar refractivity (Wildman–Crippen MR) is 43.2 cm³/mol. The molecule has 1 N–H and O–H groups in total. The smallest absolute Gasteiger partial charge is 0.316 e. The van der Waals surface area contributed by atoms with Gasteiger partial charge in [0.05, 0.1) is 6.10 Å². The van der Waals surface area contributed by atoms with E-state index in [0.29, 0.717) is 13.0 Å². The topological polar surface area (TPSA) is 46.5 Å². The lowest BCUT2D eigenvalue weighted by atomic mass is 9.83. The van der Waals surface area contributed by atoms with E-state index in [0.717, 1.165) is 0 Å². The van der Waals surface area contributed by atoms with Gasteiger partial charge < -0.3 is 9.84 Å². The van der Waals surface area contributed by atoms with Crippen LogP contribution in [0.2, 0.25) is 0 Å². The Hall–Kier alpha value is -0.710. The van der Waals surface area contributed by atoms with E-state index < -0.39 is 29.6 Å². The average Bonchev–Trinajstić information content (AvgIpc) is 2.44. The highest BCUT2D eigenvalue weighted by atomic mass is 19.3. The minimum absolute atomic E-state index is 0.375. The second-order valence-electron chi connectivity index (χ2n) is 4.13. The molecular formula is C9H12F2O3. The molecule has 0 radical (unpaired) electrons. The van der Waals surface area contributed by atoms with Gasteiger partial charge in [-0.3, -0.25) is 4.79 Å². The van der Waals surface area contributed by atoms with Crippen LogP contribution in [0.5, 0.6) is 0 Å². The molecular weight excluding hydrogens is 194 g/mol. The summed E-state index contributed by atoms with van der Waals surface area (Å²) >= 11 is 0. The van der Waals surface area contributed by atoms with Gasteiger partial charge in [0.2, 0.25) is 0 Å². The third kappa shape index (κ3) is 1.02. The molecule has 1 heterocycles. The molecule has 80 valence electrons. The van der Waals surface area contributed by atoms with E-state index in [2.05, 4.69) is 0 Å². The Bertz CT molecular complexity index is 279. The molecule has 0 bridgehead atoms. The Morgan fingerprint density at radius 3 is 2.43 bits per heavy atom. The molecule has 1 aliphatic heterocycles. The molecule has 1 saturated heterocycles. The summed E-state index contributed by atoms with van der Waals surface area (Å²) in [6.45, 7) is 2.05. The lowest BCUT2D eigenvalue weighted by Gasteiger charge is -2.21. The molecule has 1 aliphatic carbocycles. The number of hydrogen-bond donors (Lipinski definition) is 1. The van der Waals surface area contributed by atoms with Crippen molar-refractivity contribution in [3.63, 3.8) is 0 Å². The highest BCUT2D eigenvalue weighted by Gasteiger charge is 2.80. The number of hydrogen-bond acceptors (Lipinski definition) is 2. The van der Waals surface area contributed by atoms with E-state index in [1.807, 2.05) is 0 Å². The van der Waals surface area contributed by atoms with E-state index in [4.69, 9.17) is 9.84 Å². The summed E-state index contributed by atoms with van der Waals surface area (Å²) in [4.78, 5) is 10.9. The fourth-order valence-corrected chi connectivity index (χ4v) is 2.48. The van der Waals surface area contributed by atoms with Gasteiger partial charge in [0.15, 0.2) is 0 Å². The third-order valence-corrected chi connectivity index (χ3v) is 3.42. The van der Waals surface area contributed by atoms with Gasteiger partial charge in [0.25, 0.3) is 5.92 Å². The van der Waals surface area contributed by atoms with Crippen LogP contribution in [0.3, 0.4) is 0 Å². The molecule has 14 heavy (non-hydrogen) atoms. The molecule has 3 unspecified atom stereocenters. The molecule has 0 aromatic heterocycles. The minimum atomic E-state index is -3.05. The van der Waals surface area contributed by atoms with Crippen LogP contribution in [-0.4, -0.2) is 29.7 Å². The Labute approximate surface area is 80.0 Å². The number of carboxylic acids is 1. The van der Waals surface area contributed by atoms with E-state index in [-0.39, 0.29) is 6.10 Å². The summed E-state index contributed by atoms with van der Waals surface area (Å²) in [6, 6.07) is 0. The fraction of sp³-hybridized carbons (Fsp3) is 0.889. The van der Waals surface area contributed by atoms with Crippen molar-refractivity contribution in [3.8, 4) is 0 Å². The summed E-state index contributed by atoms with van der Waals surface area (Å²) < 4.78 is 31.3. The van der Waals surface area contributed by atoms with E-state index in [1.54, 1.807) is 6.92 Å². The van der Waals surface area contributed by atoms with E-state index in [1.165, 1.54) is 0 Å². The first-order valence-electron chi connectivity index (χ1n) is 4.64. The van der Waals surface area contributed by atoms with Crippen LogP contribution in [-0.2, 0) is 9.53 Å². The first-order chi connectivity index (χ1) is 6.42. The van der Waals surface area contributed by atoms with Crippen LogP contribution in [0.1, 0.15) is 19.8 Å². The molecule has 0 amide bonds. The van der Waals surface area contributed by atoms with Gasteiger partial charge in [-0.2, -0.15) is 0 Å². The largest absolute Gasteiger partial charge is 0.481 e. The number of ether oxygens (including phenoxy) is 1. The van der Waals surface area contributed by atoms with Crippen molar-refractivity contribution in [2.45, 2.75) is 31.8 Å². The summed E-state index contributed by atoms with van der Waals surface area (Å²) in [5.41, 5.74) is -1.84. The van der Waals surface area contributed by atoms with Crippen molar-refractivity contribution in [3.05, 3.63) is 0 Å². The quantitative estimate of drug-likeness (QED) is 0.745. The molecule has 3 nitrogen and oxygen atoms in total. The first kappa shape index (κ1) is 9.83. The third-order valence-electron chi connectivity index (χ3n) is 3.42. The fourth-order valence-electron chi connectivity index (χ4n) is 2.48. The van der Waals surface area contributed by atoms with Crippen molar-refractivity contribution >= 4 is 5.97 Å². The maximum absolute atomic E-state index is 13.1. The number of rotatable bonds is 2. The summed E-state index contributed by atoms with van der Waals surface area (Å²) in [7, 11) is 0. The highest BCUT2D eigenvalue weighted by Crippen LogP contribution is 2.67. The second kappa shape index (κ2) is 2.66. The van der Waals surface area contributed by atoms with Crippen molar-refractivity contribution < 1.29 is 23.4 Å². The van der Waals surface area contributed by atoms with Crippen LogP contribution in [0.4, 0.5) is 8.78 Å². The van der Waals surface area contributed by atoms with Crippen LogP contribution in [0, 0.1) is 11.3 Å². The zero-order valence-electron chi connectivity index (χ0n) is 7.80. The molecule has 0 aromatic carbocycles. The van der Waals surface area contributed by atoms with Crippen LogP contribution >= 0.6 is 0 Å². The number of carbonyl (C=O) groups is 1. The van der Waals surface area contributed by atoms with Gasteiger partial charge in [0, 0.05) is 18.9 Å². The van der Waals surface area contributed by atoms with Crippen molar-refractivity contribution in [1.29, 1.82) is 0 Å². The zero-order valence-corrected chi connectivity index (χ0v) is 7.80. The van der Waals surface area contributed by atoms with Gasteiger partial charge in [-0.1, -0.05) is 0 Å². The van der Waals surface area contributed by atoms with Gasteiger partial charge in [-0.05, 0) is 13.3 Å². The molecule has 0 aromatic rings. The Balaban J connectivity index is 2.26. The predicted octanol–water partition coefficient (Wildman–Crippen LogP) is 1.52. The Morgan fingerprint density at radius 2 is 2.14 bits per heavy atom. The molecule has 3 atom stereocenters. The van der Waals surface area contributed by atoms with E-state index in [9.17, 15) is 13.6 Å². The van der Waals surface area contributed by atoms with Crippen molar-refractivity contribution in [2.24, 2.45) is 11.3 Å². The number of alkyl halides is 2. The van der Waals surface area contributed by atoms with Gasteiger partial charge in [-0.25, -0.2) is 8.78 Å². The highest BCUT2D eigenvalue weighted by molar-refractivity contribution is 5.81. The first-order valence-corrected chi connectivity index (χ1v) is 4.64. The second-order valence-corrected chi connectivity index (χ2v) is 4.13. The van der Waals surface area contributed by atoms with Gasteiger partial charge >= 0.3 is 5.97 Å². The standard InChI is InChI=1S/C9H12F2O3/c1-5-6(2-3-14-5)8(7(12)13)4-9(8,10)11/h5-6H,2-4H2,1H3,(H,12,13). The molecule has 0 spiro atoms. The van der Waals surface area contributed by atoms with E-state index >= 15 is 0 Å².